The van der Waals surface area contributed by atoms with Gasteiger partial charge in [0.1, 0.15) is 11.5 Å². The number of hydrogen-bond donors (Lipinski definition) is 0. The molecule has 6 nitrogen and oxygen atoms in total. The average molecular weight is 433 g/mol. The molecule has 2 rings (SSSR count). The number of carbonyl (C=O) groups excluding carboxylic acids is 1. The fourth-order valence-corrected chi connectivity index (χ4v) is 5.12. The molecule has 0 amide bonds. The van der Waals surface area contributed by atoms with Gasteiger partial charge in [0.25, 0.3) is 0 Å². The van der Waals surface area contributed by atoms with E-state index in [1.165, 1.54) is 6.92 Å². The molecule has 0 heterocycles. The minimum Gasteiger partial charge on any atom is -0.497 e. The van der Waals surface area contributed by atoms with Crippen molar-refractivity contribution in [2.75, 3.05) is 28.4 Å². The molecule has 0 saturated carbocycles. The summed E-state index contributed by atoms with van der Waals surface area (Å²) in [6.45, 7) is 5.73. The van der Waals surface area contributed by atoms with E-state index in [1.807, 2.05) is 24.3 Å². The number of methoxy groups -OCH3 is 1. The van der Waals surface area contributed by atoms with Crippen LogP contribution in [0.25, 0.3) is 0 Å². The summed E-state index contributed by atoms with van der Waals surface area (Å²) in [4.78, 5) is 11.6. The van der Waals surface area contributed by atoms with Gasteiger partial charge in [-0.3, -0.25) is 4.79 Å². The van der Waals surface area contributed by atoms with Crippen molar-refractivity contribution in [3.63, 3.8) is 0 Å². The maximum atomic E-state index is 11.6. The Kier molecular flexibility index (Phi) is 8.20. The molecule has 0 bridgehead atoms. The molecule has 164 valence electrons. The SMILES string of the molecule is COc1ccc(C(C)(C)c2ccc(OC(C)=O)c(CC[Si](OC)(OC)OC)c2)cc1. The summed E-state index contributed by atoms with van der Waals surface area (Å²) >= 11 is 0. The summed E-state index contributed by atoms with van der Waals surface area (Å²) in [5.74, 6) is 1.01. The highest BCUT2D eigenvalue weighted by molar-refractivity contribution is 6.60. The Balaban J connectivity index is 2.41. The van der Waals surface area contributed by atoms with Gasteiger partial charge in [-0.15, -0.1) is 0 Å². The largest absolute Gasteiger partial charge is 0.500 e. The number of ether oxygens (including phenoxy) is 2. The molecular weight excluding hydrogens is 400 g/mol. The maximum Gasteiger partial charge on any atom is 0.500 e. The lowest BCUT2D eigenvalue weighted by atomic mass is 9.77. The lowest BCUT2D eigenvalue weighted by Crippen LogP contribution is -2.43. The minimum absolute atomic E-state index is 0.256. The summed E-state index contributed by atoms with van der Waals surface area (Å²) in [6, 6.07) is 14.6. The number of carbonyl (C=O) groups is 1. The Bertz CT molecular complexity index is 835. The van der Waals surface area contributed by atoms with Crippen LogP contribution in [0.5, 0.6) is 11.5 Å². The lowest BCUT2D eigenvalue weighted by Gasteiger charge is -2.28. The van der Waals surface area contributed by atoms with Crippen molar-refractivity contribution in [1.29, 1.82) is 0 Å². The zero-order valence-corrected chi connectivity index (χ0v) is 19.9. The standard InChI is InChI=1S/C23H32O6Si/c1-17(24)29-22-13-10-20(16-18(22)14-15-30(26-5,27-6)28-7)23(2,3)19-8-11-21(25-4)12-9-19/h8-13,16H,14-15H2,1-7H3. The highest BCUT2D eigenvalue weighted by atomic mass is 28.4. The Labute approximate surface area is 180 Å². The van der Waals surface area contributed by atoms with Gasteiger partial charge in [0.15, 0.2) is 0 Å². The molecule has 0 radical (unpaired) electrons. The van der Waals surface area contributed by atoms with Gasteiger partial charge in [0.05, 0.1) is 7.11 Å². The van der Waals surface area contributed by atoms with Crippen molar-refractivity contribution in [3.05, 3.63) is 59.2 Å². The number of benzene rings is 2. The average Bonchev–Trinajstić information content (AvgIpc) is 2.75. The summed E-state index contributed by atoms with van der Waals surface area (Å²) in [7, 11) is 3.68. The molecule has 30 heavy (non-hydrogen) atoms. The van der Waals surface area contributed by atoms with Crippen molar-refractivity contribution in [1.82, 2.24) is 0 Å². The van der Waals surface area contributed by atoms with Gasteiger partial charge >= 0.3 is 14.8 Å². The second-order valence-electron chi connectivity index (χ2n) is 7.57. The van der Waals surface area contributed by atoms with Crippen molar-refractivity contribution in [2.45, 2.75) is 38.7 Å². The first kappa shape index (κ1) is 24.1. The molecule has 0 atom stereocenters. The number of esters is 1. The van der Waals surface area contributed by atoms with Gasteiger partial charge in [0, 0.05) is 39.7 Å². The molecule has 2 aromatic rings. The fourth-order valence-electron chi connectivity index (χ4n) is 3.44. The van der Waals surface area contributed by atoms with Crippen molar-refractivity contribution in [3.8, 4) is 11.5 Å². The van der Waals surface area contributed by atoms with Crippen LogP contribution in [0.4, 0.5) is 0 Å². The normalized spacial score (nSPS) is 12.0. The van der Waals surface area contributed by atoms with Gasteiger partial charge in [-0.25, -0.2) is 0 Å². The van der Waals surface area contributed by atoms with E-state index in [1.54, 1.807) is 28.4 Å². The molecule has 0 unspecified atom stereocenters. The van der Waals surface area contributed by atoms with E-state index >= 15 is 0 Å². The fraction of sp³-hybridized carbons (Fsp3) is 0.435. The Morgan fingerprint density at radius 3 is 1.97 bits per heavy atom. The van der Waals surface area contributed by atoms with E-state index in [-0.39, 0.29) is 11.4 Å². The van der Waals surface area contributed by atoms with Gasteiger partial charge < -0.3 is 22.8 Å². The maximum absolute atomic E-state index is 11.6. The predicted molar refractivity (Wildman–Crippen MR) is 118 cm³/mol. The van der Waals surface area contributed by atoms with E-state index in [9.17, 15) is 4.79 Å². The second kappa shape index (κ2) is 10.2. The minimum atomic E-state index is -2.76. The van der Waals surface area contributed by atoms with Crippen LogP contribution in [0, 0.1) is 0 Å². The molecule has 0 spiro atoms. The van der Waals surface area contributed by atoms with E-state index in [0.717, 1.165) is 22.4 Å². The zero-order valence-electron chi connectivity index (χ0n) is 18.9. The van der Waals surface area contributed by atoms with Crippen LogP contribution in [0.15, 0.2) is 42.5 Å². The van der Waals surface area contributed by atoms with E-state index in [4.69, 9.17) is 22.8 Å². The lowest BCUT2D eigenvalue weighted by molar-refractivity contribution is -0.131. The first-order valence-corrected chi connectivity index (χ1v) is 11.8. The zero-order chi connectivity index (χ0) is 22.4. The number of rotatable bonds is 10. The van der Waals surface area contributed by atoms with Crippen LogP contribution in [-0.4, -0.2) is 43.2 Å². The predicted octanol–water partition coefficient (Wildman–Crippen LogP) is 4.37. The van der Waals surface area contributed by atoms with Crippen molar-refractivity contribution in [2.24, 2.45) is 0 Å². The Hall–Kier alpha value is -2.19. The quantitative estimate of drug-likeness (QED) is 0.316. The summed E-state index contributed by atoms with van der Waals surface area (Å²) in [6.07, 6.45) is 0.594. The molecule has 0 N–H and O–H groups in total. The number of aryl methyl sites for hydroxylation is 1. The topological polar surface area (TPSA) is 63.2 Å². The number of hydrogen-bond acceptors (Lipinski definition) is 6. The third kappa shape index (κ3) is 5.49. The third-order valence-corrected chi connectivity index (χ3v) is 8.21. The highest BCUT2D eigenvalue weighted by Crippen LogP contribution is 2.35. The molecule has 0 saturated heterocycles. The van der Waals surface area contributed by atoms with E-state index < -0.39 is 8.80 Å². The van der Waals surface area contributed by atoms with Gasteiger partial charge in [0.2, 0.25) is 0 Å². The van der Waals surface area contributed by atoms with Crippen LogP contribution in [0.1, 0.15) is 37.5 Å². The Morgan fingerprint density at radius 2 is 1.47 bits per heavy atom. The van der Waals surface area contributed by atoms with Gasteiger partial charge in [-0.05, 0) is 41.3 Å². The molecule has 7 heteroatoms. The molecule has 0 aliphatic carbocycles. The molecule has 0 fully saturated rings. The first-order valence-electron chi connectivity index (χ1n) is 9.83. The van der Waals surface area contributed by atoms with Crippen LogP contribution >= 0.6 is 0 Å². The van der Waals surface area contributed by atoms with E-state index in [0.29, 0.717) is 18.2 Å². The molecule has 0 aliphatic rings. The van der Waals surface area contributed by atoms with Crippen molar-refractivity contribution >= 4 is 14.8 Å². The van der Waals surface area contributed by atoms with Crippen LogP contribution in [-0.2, 0) is 29.9 Å². The smallest absolute Gasteiger partial charge is 0.497 e. The highest BCUT2D eigenvalue weighted by Gasteiger charge is 2.37. The van der Waals surface area contributed by atoms with Crippen LogP contribution in [0.2, 0.25) is 6.04 Å². The van der Waals surface area contributed by atoms with Gasteiger partial charge in [-0.2, -0.15) is 0 Å². The molecular formula is C23H32O6Si. The second-order valence-corrected chi connectivity index (χ2v) is 10.7. The molecule has 0 aromatic heterocycles. The summed E-state index contributed by atoms with van der Waals surface area (Å²) in [5, 5.41) is 0. The third-order valence-electron chi connectivity index (χ3n) is 5.48. The summed E-state index contributed by atoms with van der Waals surface area (Å²) in [5.41, 5.74) is 2.92. The first-order chi connectivity index (χ1) is 14.2. The Morgan fingerprint density at radius 1 is 0.900 bits per heavy atom. The van der Waals surface area contributed by atoms with Gasteiger partial charge in [-0.1, -0.05) is 38.1 Å². The van der Waals surface area contributed by atoms with E-state index in [2.05, 4.69) is 32.0 Å². The molecule has 0 aliphatic heterocycles. The van der Waals surface area contributed by atoms with Crippen LogP contribution in [0.3, 0.4) is 0 Å². The van der Waals surface area contributed by atoms with Crippen LogP contribution < -0.4 is 9.47 Å². The summed E-state index contributed by atoms with van der Waals surface area (Å²) < 4.78 is 27.4. The monoisotopic (exact) mass is 432 g/mol. The molecule has 2 aromatic carbocycles. The van der Waals surface area contributed by atoms with Crippen molar-refractivity contribution < 1.29 is 27.5 Å².